The van der Waals surface area contributed by atoms with Crippen LogP contribution >= 0.6 is 11.6 Å². The van der Waals surface area contributed by atoms with E-state index in [2.05, 4.69) is 10.0 Å². The highest BCUT2D eigenvalue weighted by atomic mass is 35.5. The fourth-order valence-electron chi connectivity index (χ4n) is 5.23. The van der Waals surface area contributed by atoms with E-state index in [0.29, 0.717) is 10.7 Å². The molecule has 4 aromatic carbocycles. The molecule has 0 saturated carbocycles. The number of fused-ring (bicyclic) bond motifs is 2. The van der Waals surface area contributed by atoms with Gasteiger partial charge in [0.05, 0.1) is 35.3 Å². The predicted molar refractivity (Wildman–Crippen MR) is 175 cm³/mol. The smallest absolute Gasteiger partial charge is 0.321 e. The Morgan fingerprint density at radius 1 is 1.09 bits per heavy atom. The summed E-state index contributed by atoms with van der Waals surface area (Å²) < 4.78 is 35.0. The minimum Gasteiger partial charge on any atom is -0.487 e. The molecule has 1 aliphatic rings. The molecule has 0 bridgehead atoms. The summed E-state index contributed by atoms with van der Waals surface area (Å²) in [5.74, 6) is -0.401. The molecule has 1 aliphatic heterocycles. The van der Waals surface area contributed by atoms with Crippen LogP contribution in [0.15, 0.2) is 89.8 Å². The average molecular weight is 651 g/mol. The number of carbonyl (C=O) groups excluding carboxylic acids is 2. The summed E-state index contributed by atoms with van der Waals surface area (Å²) in [5.41, 5.74) is 0.976. The van der Waals surface area contributed by atoms with Gasteiger partial charge in [-0.2, -0.15) is 0 Å². The molecule has 3 amide bonds. The van der Waals surface area contributed by atoms with E-state index in [1.807, 2.05) is 49.4 Å². The predicted octanol–water partition coefficient (Wildman–Crippen LogP) is 5.68. The lowest BCUT2D eigenvalue weighted by molar-refractivity contribution is 0.0371. The number of aliphatic hydroxyl groups is 1. The molecule has 10 nitrogen and oxygen atoms in total. The molecule has 12 heteroatoms. The summed E-state index contributed by atoms with van der Waals surface area (Å²) in [5, 5.41) is 15.3. The number of hydrogen-bond donors (Lipinski definition) is 3. The maximum absolute atomic E-state index is 13.8. The van der Waals surface area contributed by atoms with Crippen molar-refractivity contribution in [3.05, 3.63) is 95.5 Å². The molecular formula is C33H35ClN4O6S. The van der Waals surface area contributed by atoms with E-state index >= 15 is 0 Å². The van der Waals surface area contributed by atoms with E-state index in [1.165, 1.54) is 47.4 Å². The summed E-state index contributed by atoms with van der Waals surface area (Å²) in [6.45, 7) is 3.82. The minimum absolute atomic E-state index is 0.00968. The standard InChI is InChI=1S/C33H35ClN4O6S/c1-21-18-38(22(2)20-39)32(40)28-17-25(36-45(42,43)26-14-11-24(34)12-15-26)13-16-30(28)44-31(21)19-37(3)33(41)35-29-10-6-8-23-7-4-5-9-27(23)29/h4-17,21-22,31,36,39H,18-20H2,1-3H3,(H,35,41)/t21-,22+,31-/m1/s1. The number of nitrogens with zero attached hydrogens (tertiary/aromatic N) is 2. The number of carbonyl (C=O) groups is 2. The van der Waals surface area contributed by atoms with Gasteiger partial charge in [0, 0.05) is 35.6 Å². The zero-order valence-electron chi connectivity index (χ0n) is 25.1. The number of rotatable bonds is 8. The lowest BCUT2D eigenvalue weighted by Gasteiger charge is -2.38. The number of aliphatic hydroxyl groups excluding tert-OH is 1. The van der Waals surface area contributed by atoms with Crippen LogP contribution in [0.2, 0.25) is 5.02 Å². The number of anilines is 2. The lowest BCUT2D eigenvalue weighted by Crippen LogP contribution is -2.50. The molecule has 3 atom stereocenters. The molecule has 0 spiro atoms. The van der Waals surface area contributed by atoms with Crippen LogP contribution in [-0.2, 0) is 10.0 Å². The van der Waals surface area contributed by atoms with Crippen molar-refractivity contribution in [3.63, 3.8) is 0 Å². The zero-order valence-corrected chi connectivity index (χ0v) is 26.7. The zero-order chi connectivity index (χ0) is 32.3. The van der Waals surface area contributed by atoms with E-state index in [-0.39, 0.29) is 53.5 Å². The Hall–Kier alpha value is -4.32. The van der Waals surface area contributed by atoms with Crippen LogP contribution in [0, 0.1) is 5.92 Å². The van der Waals surface area contributed by atoms with Crippen molar-refractivity contribution in [2.24, 2.45) is 5.92 Å². The normalized spacial score (nSPS) is 17.4. The van der Waals surface area contributed by atoms with Gasteiger partial charge in [0.25, 0.3) is 15.9 Å². The van der Waals surface area contributed by atoms with Crippen LogP contribution in [0.1, 0.15) is 24.2 Å². The molecule has 0 unspecified atom stereocenters. The summed E-state index contributed by atoms with van der Waals surface area (Å²) in [6.07, 6.45) is -0.537. The Kier molecular flexibility index (Phi) is 9.52. The van der Waals surface area contributed by atoms with Crippen LogP contribution in [0.4, 0.5) is 16.2 Å². The highest BCUT2D eigenvalue weighted by Gasteiger charge is 2.34. The van der Waals surface area contributed by atoms with Crippen molar-refractivity contribution in [2.75, 3.05) is 36.8 Å². The Morgan fingerprint density at radius 2 is 1.80 bits per heavy atom. The molecule has 3 N–H and O–H groups in total. The monoisotopic (exact) mass is 650 g/mol. The van der Waals surface area contributed by atoms with Crippen molar-refractivity contribution in [2.45, 2.75) is 30.9 Å². The molecule has 236 valence electrons. The van der Waals surface area contributed by atoms with Crippen LogP contribution in [0.25, 0.3) is 10.8 Å². The third-order valence-electron chi connectivity index (χ3n) is 7.87. The van der Waals surface area contributed by atoms with Crippen molar-refractivity contribution >= 4 is 55.7 Å². The molecule has 0 aromatic heterocycles. The Balaban J connectivity index is 1.40. The van der Waals surface area contributed by atoms with E-state index in [1.54, 1.807) is 18.9 Å². The average Bonchev–Trinajstić information content (AvgIpc) is 3.02. The first kappa shape index (κ1) is 32.1. The molecule has 0 saturated heterocycles. The van der Waals surface area contributed by atoms with Gasteiger partial charge < -0.3 is 25.0 Å². The number of amides is 3. The van der Waals surface area contributed by atoms with Gasteiger partial charge in [0.1, 0.15) is 11.9 Å². The highest BCUT2D eigenvalue weighted by molar-refractivity contribution is 7.92. The maximum atomic E-state index is 13.8. The molecular weight excluding hydrogens is 616 g/mol. The second kappa shape index (κ2) is 13.4. The summed E-state index contributed by atoms with van der Waals surface area (Å²) in [6, 6.07) is 22.8. The molecule has 1 heterocycles. The van der Waals surface area contributed by atoms with E-state index in [4.69, 9.17) is 16.3 Å². The first-order valence-corrected chi connectivity index (χ1v) is 16.3. The maximum Gasteiger partial charge on any atom is 0.321 e. The number of halogens is 1. The van der Waals surface area contributed by atoms with Gasteiger partial charge in [-0.3, -0.25) is 9.52 Å². The van der Waals surface area contributed by atoms with Gasteiger partial charge in [-0.1, -0.05) is 54.9 Å². The van der Waals surface area contributed by atoms with Gasteiger partial charge in [0.15, 0.2) is 0 Å². The first-order chi connectivity index (χ1) is 21.5. The van der Waals surface area contributed by atoms with Crippen molar-refractivity contribution in [1.82, 2.24) is 9.80 Å². The number of likely N-dealkylation sites (N-methyl/N-ethyl adjacent to an activating group) is 1. The summed E-state index contributed by atoms with van der Waals surface area (Å²) in [4.78, 5) is 30.2. The third kappa shape index (κ3) is 7.16. The van der Waals surface area contributed by atoms with Gasteiger partial charge in [-0.15, -0.1) is 0 Å². The topological polar surface area (TPSA) is 128 Å². The molecule has 0 aliphatic carbocycles. The molecule has 0 radical (unpaired) electrons. The summed E-state index contributed by atoms with van der Waals surface area (Å²) in [7, 11) is -2.30. The van der Waals surface area contributed by atoms with Gasteiger partial charge in [0.2, 0.25) is 0 Å². The second-order valence-electron chi connectivity index (χ2n) is 11.2. The molecule has 45 heavy (non-hydrogen) atoms. The number of hydrogen-bond acceptors (Lipinski definition) is 6. The first-order valence-electron chi connectivity index (χ1n) is 14.5. The molecule has 4 aromatic rings. The fourth-order valence-corrected chi connectivity index (χ4v) is 6.41. The third-order valence-corrected chi connectivity index (χ3v) is 9.52. The number of benzene rings is 4. The van der Waals surface area contributed by atoms with Crippen LogP contribution in [0.3, 0.4) is 0 Å². The number of nitrogens with one attached hydrogen (secondary N) is 2. The Morgan fingerprint density at radius 3 is 2.53 bits per heavy atom. The fraction of sp³-hybridized carbons (Fsp3) is 0.273. The van der Waals surface area contributed by atoms with E-state index in [9.17, 15) is 23.1 Å². The minimum atomic E-state index is -3.98. The van der Waals surface area contributed by atoms with E-state index < -0.39 is 28.1 Å². The highest BCUT2D eigenvalue weighted by Crippen LogP contribution is 2.32. The van der Waals surface area contributed by atoms with Gasteiger partial charge >= 0.3 is 6.03 Å². The molecule has 5 rings (SSSR count). The second-order valence-corrected chi connectivity index (χ2v) is 13.3. The Bertz CT molecular complexity index is 1810. The van der Waals surface area contributed by atoms with Crippen molar-refractivity contribution < 1.29 is 27.9 Å². The quantitative estimate of drug-likeness (QED) is 0.225. The molecule has 0 fully saturated rings. The lowest BCUT2D eigenvalue weighted by atomic mass is 9.99. The number of urea groups is 1. The van der Waals surface area contributed by atoms with E-state index in [0.717, 1.165) is 10.8 Å². The van der Waals surface area contributed by atoms with Crippen LogP contribution in [-0.4, -0.2) is 74.2 Å². The van der Waals surface area contributed by atoms with Gasteiger partial charge in [-0.25, -0.2) is 13.2 Å². The van der Waals surface area contributed by atoms with Crippen LogP contribution in [0.5, 0.6) is 5.75 Å². The van der Waals surface area contributed by atoms with Crippen LogP contribution < -0.4 is 14.8 Å². The summed E-state index contributed by atoms with van der Waals surface area (Å²) >= 11 is 5.91. The SMILES string of the molecule is C[C@@H]1CN([C@@H](C)CO)C(=O)c2cc(NS(=O)(=O)c3ccc(Cl)cc3)ccc2O[C@@H]1CN(C)C(=O)Nc1cccc2ccccc12. The Labute approximate surface area is 267 Å². The largest absolute Gasteiger partial charge is 0.487 e. The van der Waals surface area contributed by atoms with Crippen molar-refractivity contribution in [3.8, 4) is 5.75 Å². The van der Waals surface area contributed by atoms with Crippen molar-refractivity contribution in [1.29, 1.82) is 0 Å². The number of sulfonamides is 1. The van der Waals surface area contributed by atoms with Gasteiger partial charge in [-0.05, 0) is 60.8 Å². The number of ether oxygens (including phenoxy) is 1.